The molecule has 106 valence electrons. The van der Waals surface area contributed by atoms with Gasteiger partial charge in [-0.3, -0.25) is 0 Å². The summed E-state index contributed by atoms with van der Waals surface area (Å²) in [5, 5.41) is 3.78. The Labute approximate surface area is 134 Å². The quantitative estimate of drug-likeness (QED) is 0.668. The predicted molar refractivity (Wildman–Crippen MR) is 91.7 cm³/mol. The van der Waals surface area contributed by atoms with Crippen LogP contribution in [0.15, 0.2) is 59.1 Å². The summed E-state index contributed by atoms with van der Waals surface area (Å²) in [5.41, 5.74) is 5.46. The van der Waals surface area contributed by atoms with Gasteiger partial charge in [0, 0.05) is 16.1 Å². The van der Waals surface area contributed by atoms with Crippen LogP contribution in [0.4, 0.5) is 5.69 Å². The number of rotatable bonds is 1. The van der Waals surface area contributed by atoms with Gasteiger partial charge in [-0.1, -0.05) is 57.9 Å². The minimum atomic E-state index is 0.387. The monoisotopic (exact) mass is 339 g/mol. The number of allylic oxidation sites excluding steroid dienone is 2. The molecule has 2 aromatic carbocycles. The molecule has 1 N–H and O–H groups in total. The van der Waals surface area contributed by atoms with E-state index in [1.165, 1.54) is 22.4 Å². The molecule has 2 aliphatic rings. The number of nitrogens with one attached hydrogen (secondary N) is 1. The topological polar surface area (TPSA) is 12.0 Å². The van der Waals surface area contributed by atoms with Crippen molar-refractivity contribution >= 4 is 21.6 Å². The van der Waals surface area contributed by atoms with Crippen molar-refractivity contribution in [2.45, 2.75) is 25.3 Å². The van der Waals surface area contributed by atoms with Crippen LogP contribution in [0.3, 0.4) is 0 Å². The summed E-state index contributed by atoms with van der Waals surface area (Å²) in [6.45, 7) is 2.17. The van der Waals surface area contributed by atoms with Crippen molar-refractivity contribution in [2.75, 3.05) is 5.32 Å². The van der Waals surface area contributed by atoms with Crippen molar-refractivity contribution in [3.05, 3.63) is 75.8 Å². The fraction of sp³-hybridized carbons (Fsp3) is 0.263. The first-order valence-corrected chi connectivity index (χ1v) is 8.31. The highest BCUT2D eigenvalue weighted by Crippen LogP contribution is 2.50. The van der Waals surface area contributed by atoms with Crippen LogP contribution >= 0.6 is 15.9 Å². The molecule has 21 heavy (non-hydrogen) atoms. The van der Waals surface area contributed by atoms with Crippen LogP contribution < -0.4 is 5.32 Å². The molecule has 2 aromatic rings. The van der Waals surface area contributed by atoms with Crippen molar-refractivity contribution in [1.82, 2.24) is 0 Å². The van der Waals surface area contributed by atoms with Crippen molar-refractivity contribution in [3.8, 4) is 0 Å². The zero-order valence-electron chi connectivity index (χ0n) is 12.0. The predicted octanol–water partition coefficient (Wildman–Crippen LogP) is 5.58. The Morgan fingerprint density at radius 2 is 2.05 bits per heavy atom. The molecular formula is C19H18BrN. The number of hydrogen-bond acceptors (Lipinski definition) is 1. The van der Waals surface area contributed by atoms with Crippen LogP contribution in [0.1, 0.15) is 35.1 Å². The largest absolute Gasteiger partial charge is 0.378 e. The SMILES string of the molecule is Cc1ccc2c(c1)[C@@H]1C=CC[C@@H]1[C@H](c1cccc(Br)c1)N2. The van der Waals surface area contributed by atoms with Crippen LogP contribution in [0, 0.1) is 12.8 Å². The molecule has 0 bridgehead atoms. The third kappa shape index (κ3) is 2.22. The van der Waals surface area contributed by atoms with Crippen molar-refractivity contribution in [3.63, 3.8) is 0 Å². The number of halogens is 1. The summed E-state index contributed by atoms with van der Waals surface area (Å²) >= 11 is 3.60. The normalized spacial score (nSPS) is 26.1. The lowest BCUT2D eigenvalue weighted by atomic mass is 9.77. The van der Waals surface area contributed by atoms with E-state index < -0.39 is 0 Å². The highest BCUT2D eigenvalue weighted by molar-refractivity contribution is 9.10. The molecule has 0 spiro atoms. The van der Waals surface area contributed by atoms with Gasteiger partial charge in [-0.25, -0.2) is 0 Å². The molecular weight excluding hydrogens is 322 g/mol. The van der Waals surface area contributed by atoms with Crippen LogP contribution in [-0.4, -0.2) is 0 Å². The van der Waals surface area contributed by atoms with Gasteiger partial charge < -0.3 is 5.32 Å². The number of aryl methyl sites for hydroxylation is 1. The molecule has 1 aliphatic carbocycles. The first-order chi connectivity index (χ1) is 10.2. The van der Waals surface area contributed by atoms with E-state index in [0.717, 1.165) is 10.9 Å². The van der Waals surface area contributed by atoms with Crippen molar-refractivity contribution in [2.24, 2.45) is 5.92 Å². The van der Waals surface area contributed by atoms with Gasteiger partial charge in [-0.2, -0.15) is 0 Å². The zero-order valence-corrected chi connectivity index (χ0v) is 13.6. The van der Waals surface area contributed by atoms with Crippen LogP contribution in [0.2, 0.25) is 0 Å². The molecule has 0 aromatic heterocycles. The van der Waals surface area contributed by atoms with Gasteiger partial charge in [0.15, 0.2) is 0 Å². The summed E-state index contributed by atoms with van der Waals surface area (Å²) in [6, 6.07) is 15.9. The van der Waals surface area contributed by atoms with Gasteiger partial charge in [0.25, 0.3) is 0 Å². The maximum atomic E-state index is 3.78. The average Bonchev–Trinajstić information content (AvgIpc) is 2.96. The molecule has 0 radical (unpaired) electrons. The van der Waals surface area contributed by atoms with Gasteiger partial charge in [0.1, 0.15) is 0 Å². The second-order valence-electron chi connectivity index (χ2n) is 6.12. The van der Waals surface area contributed by atoms with Gasteiger partial charge >= 0.3 is 0 Å². The molecule has 0 saturated heterocycles. The van der Waals surface area contributed by atoms with E-state index >= 15 is 0 Å². The van der Waals surface area contributed by atoms with Crippen LogP contribution in [-0.2, 0) is 0 Å². The first-order valence-electron chi connectivity index (χ1n) is 7.51. The van der Waals surface area contributed by atoms with Crippen molar-refractivity contribution < 1.29 is 0 Å². The molecule has 0 saturated carbocycles. The Morgan fingerprint density at radius 3 is 2.90 bits per heavy atom. The second kappa shape index (κ2) is 5.03. The maximum absolute atomic E-state index is 3.78. The van der Waals surface area contributed by atoms with E-state index in [-0.39, 0.29) is 0 Å². The molecule has 1 aliphatic heterocycles. The molecule has 0 unspecified atom stereocenters. The molecule has 2 heteroatoms. The fourth-order valence-corrected chi connectivity index (χ4v) is 4.16. The van der Waals surface area contributed by atoms with E-state index in [1.54, 1.807) is 0 Å². The van der Waals surface area contributed by atoms with Gasteiger partial charge in [-0.05, 0) is 48.6 Å². The lowest BCUT2D eigenvalue weighted by molar-refractivity contribution is 0.425. The van der Waals surface area contributed by atoms with E-state index in [4.69, 9.17) is 0 Å². The van der Waals surface area contributed by atoms with E-state index in [1.807, 2.05) is 0 Å². The molecule has 3 atom stereocenters. The summed E-state index contributed by atoms with van der Waals surface area (Å²) in [5.74, 6) is 1.17. The van der Waals surface area contributed by atoms with E-state index in [9.17, 15) is 0 Å². The van der Waals surface area contributed by atoms with Crippen molar-refractivity contribution in [1.29, 1.82) is 0 Å². The second-order valence-corrected chi connectivity index (χ2v) is 7.04. The van der Waals surface area contributed by atoms with Gasteiger partial charge in [0.05, 0.1) is 6.04 Å². The number of hydrogen-bond donors (Lipinski definition) is 1. The zero-order chi connectivity index (χ0) is 14.4. The molecule has 1 heterocycles. The number of benzene rings is 2. The van der Waals surface area contributed by atoms with Gasteiger partial charge in [0.2, 0.25) is 0 Å². The Bertz CT molecular complexity index is 719. The minimum Gasteiger partial charge on any atom is -0.378 e. The summed E-state index contributed by atoms with van der Waals surface area (Å²) < 4.78 is 1.15. The summed E-state index contributed by atoms with van der Waals surface area (Å²) in [7, 11) is 0. The lowest BCUT2D eigenvalue weighted by Gasteiger charge is -2.37. The maximum Gasteiger partial charge on any atom is 0.0554 e. The van der Waals surface area contributed by atoms with Crippen LogP contribution in [0.5, 0.6) is 0 Å². The van der Waals surface area contributed by atoms with Crippen LogP contribution in [0.25, 0.3) is 0 Å². The smallest absolute Gasteiger partial charge is 0.0554 e. The number of fused-ring (bicyclic) bond motifs is 3. The standard InChI is InChI=1S/C19H18BrN/c1-12-8-9-18-17(10-12)15-6-3-7-16(15)19(21-18)13-4-2-5-14(20)11-13/h2-6,8-11,15-16,19,21H,7H2,1H3/t15-,16+,19+/m1/s1. The van der Waals surface area contributed by atoms with E-state index in [0.29, 0.717) is 17.9 Å². The third-order valence-corrected chi connectivity index (χ3v) is 5.22. The summed E-state index contributed by atoms with van der Waals surface area (Å²) in [6.07, 6.45) is 5.90. The number of anilines is 1. The average molecular weight is 340 g/mol. The molecule has 0 amide bonds. The van der Waals surface area contributed by atoms with Gasteiger partial charge in [-0.15, -0.1) is 0 Å². The highest BCUT2D eigenvalue weighted by atomic mass is 79.9. The molecule has 1 nitrogen and oxygen atoms in total. The summed E-state index contributed by atoms with van der Waals surface area (Å²) in [4.78, 5) is 0. The van der Waals surface area contributed by atoms with E-state index in [2.05, 4.69) is 82.8 Å². The molecule has 0 fully saturated rings. The highest BCUT2D eigenvalue weighted by Gasteiger charge is 2.37. The third-order valence-electron chi connectivity index (χ3n) is 4.73. The minimum absolute atomic E-state index is 0.387. The Morgan fingerprint density at radius 1 is 1.14 bits per heavy atom. The first kappa shape index (κ1) is 13.1. The molecule has 4 rings (SSSR count). The Hall–Kier alpha value is -1.54. The lowest BCUT2D eigenvalue weighted by Crippen LogP contribution is -2.29. The fourth-order valence-electron chi connectivity index (χ4n) is 3.74. The Balaban J connectivity index is 1.80. The Kier molecular flexibility index (Phi) is 3.15.